The average molecular weight is 420 g/mol. The smallest absolute Gasteiger partial charge is 0.320 e. The largest absolute Gasteiger partial charge is 0.478 e. The minimum absolute atomic E-state index is 0.256. The number of likely N-dealkylation sites (tertiary alicyclic amines) is 1. The van der Waals surface area contributed by atoms with Crippen molar-refractivity contribution >= 4 is 0 Å². The molecule has 0 spiro atoms. The van der Waals surface area contributed by atoms with Gasteiger partial charge < -0.3 is 14.6 Å². The molecule has 0 saturated carbocycles. The first-order valence-electron chi connectivity index (χ1n) is 10.8. The van der Waals surface area contributed by atoms with E-state index in [0.717, 1.165) is 24.1 Å². The van der Waals surface area contributed by atoms with Gasteiger partial charge in [0, 0.05) is 31.4 Å². The number of benzene rings is 2. The number of hydrogen-bond donors (Lipinski definition) is 1. The fourth-order valence-corrected chi connectivity index (χ4v) is 3.92. The molecule has 1 aromatic heterocycles. The van der Waals surface area contributed by atoms with E-state index >= 15 is 0 Å². The fourth-order valence-electron chi connectivity index (χ4n) is 3.92. The lowest BCUT2D eigenvalue weighted by molar-refractivity contribution is 0.174. The number of ether oxygens (including phenoxy) is 2. The molecule has 162 valence electrons. The highest BCUT2D eigenvalue weighted by molar-refractivity contribution is 5.68. The zero-order valence-corrected chi connectivity index (χ0v) is 18.1. The second-order valence-electron chi connectivity index (χ2n) is 7.84. The molecule has 2 aromatic carbocycles. The van der Waals surface area contributed by atoms with Gasteiger partial charge in [-0.05, 0) is 42.5 Å². The topological polar surface area (TPSA) is 67.7 Å². The van der Waals surface area contributed by atoms with E-state index in [0.29, 0.717) is 38.2 Å². The number of aliphatic hydroxyl groups excluding tert-OH is 1. The lowest BCUT2D eigenvalue weighted by Gasteiger charge is -2.17. The molecule has 2 heterocycles. The van der Waals surface area contributed by atoms with Gasteiger partial charge in [0.1, 0.15) is 6.61 Å². The van der Waals surface area contributed by atoms with Crippen LogP contribution in [0.2, 0.25) is 0 Å². The van der Waals surface area contributed by atoms with Crippen LogP contribution in [0.4, 0.5) is 0 Å². The van der Waals surface area contributed by atoms with Crippen molar-refractivity contribution < 1.29 is 14.6 Å². The molecule has 1 saturated heterocycles. The van der Waals surface area contributed by atoms with Gasteiger partial charge in [-0.2, -0.15) is 4.98 Å². The van der Waals surface area contributed by atoms with Crippen LogP contribution in [0.3, 0.4) is 0 Å². The predicted octanol–water partition coefficient (Wildman–Crippen LogP) is 4.00. The Bertz CT molecular complexity index is 1010. The average Bonchev–Trinajstić information content (AvgIpc) is 3.20. The van der Waals surface area contributed by atoms with Crippen molar-refractivity contribution in [3.63, 3.8) is 0 Å². The zero-order chi connectivity index (χ0) is 21.6. The molecular formula is C25H29N3O3. The number of nitrogens with zero attached hydrogens (tertiary/aromatic N) is 3. The number of aromatic nitrogens is 2. The quantitative estimate of drug-likeness (QED) is 0.595. The number of hydrogen-bond acceptors (Lipinski definition) is 6. The summed E-state index contributed by atoms with van der Waals surface area (Å²) in [6, 6.07) is 16.9. The summed E-state index contributed by atoms with van der Waals surface area (Å²) in [6.07, 6.45) is 2.31. The highest BCUT2D eigenvalue weighted by atomic mass is 16.5. The molecule has 3 aromatic rings. The Morgan fingerprint density at radius 3 is 2.65 bits per heavy atom. The third-order valence-corrected chi connectivity index (χ3v) is 5.61. The van der Waals surface area contributed by atoms with Crippen LogP contribution in [0.5, 0.6) is 11.9 Å². The van der Waals surface area contributed by atoms with E-state index in [1.165, 1.54) is 16.7 Å². The Labute approximate surface area is 183 Å². The molecule has 1 atom stereocenters. The maximum atomic E-state index is 9.76. The first-order valence-corrected chi connectivity index (χ1v) is 10.8. The molecule has 1 N–H and O–H groups in total. The van der Waals surface area contributed by atoms with Gasteiger partial charge in [0.05, 0.1) is 12.7 Å². The molecule has 0 radical (unpaired) electrons. The highest BCUT2D eigenvalue weighted by Gasteiger charge is 2.22. The molecule has 4 rings (SSSR count). The second-order valence-corrected chi connectivity index (χ2v) is 7.84. The molecule has 6 heteroatoms. The maximum absolute atomic E-state index is 9.76. The minimum Gasteiger partial charge on any atom is -0.478 e. The lowest BCUT2D eigenvalue weighted by atomic mass is 9.97. The Kier molecular flexibility index (Phi) is 6.79. The van der Waals surface area contributed by atoms with Crippen molar-refractivity contribution in [3.05, 3.63) is 71.4 Å². The first-order chi connectivity index (χ1) is 15.1. The van der Waals surface area contributed by atoms with Gasteiger partial charge in [0.2, 0.25) is 5.88 Å². The van der Waals surface area contributed by atoms with Crippen molar-refractivity contribution in [2.75, 3.05) is 19.7 Å². The second kappa shape index (κ2) is 9.90. The van der Waals surface area contributed by atoms with Crippen LogP contribution in [0.25, 0.3) is 11.1 Å². The Hall–Kier alpha value is -2.96. The van der Waals surface area contributed by atoms with Crippen LogP contribution in [-0.2, 0) is 13.2 Å². The molecule has 1 unspecified atom stereocenters. The Morgan fingerprint density at radius 1 is 1.06 bits per heavy atom. The first kappa shape index (κ1) is 21.3. The third-order valence-electron chi connectivity index (χ3n) is 5.61. The molecule has 6 nitrogen and oxygen atoms in total. The maximum Gasteiger partial charge on any atom is 0.320 e. The van der Waals surface area contributed by atoms with Crippen LogP contribution in [0.15, 0.2) is 54.7 Å². The summed E-state index contributed by atoms with van der Waals surface area (Å²) >= 11 is 0. The summed E-state index contributed by atoms with van der Waals surface area (Å²) in [6.45, 7) is 7.14. The van der Waals surface area contributed by atoms with Crippen molar-refractivity contribution in [2.45, 2.75) is 39.5 Å². The van der Waals surface area contributed by atoms with E-state index in [-0.39, 0.29) is 6.10 Å². The van der Waals surface area contributed by atoms with Crippen molar-refractivity contribution in [2.24, 2.45) is 0 Å². The molecule has 0 aliphatic carbocycles. The van der Waals surface area contributed by atoms with E-state index in [1.54, 1.807) is 6.20 Å². The van der Waals surface area contributed by atoms with E-state index < -0.39 is 0 Å². The van der Waals surface area contributed by atoms with Crippen LogP contribution in [0, 0.1) is 6.92 Å². The number of β-amino-alcohol motifs (C(OH)–C–C–N with tert-alkyl or cyclic N) is 1. The van der Waals surface area contributed by atoms with Gasteiger partial charge in [-0.25, -0.2) is 4.98 Å². The highest BCUT2D eigenvalue weighted by Crippen LogP contribution is 2.27. The molecule has 1 fully saturated rings. The van der Waals surface area contributed by atoms with Crippen LogP contribution < -0.4 is 9.47 Å². The van der Waals surface area contributed by atoms with E-state index in [2.05, 4.69) is 46.1 Å². The molecular weight excluding hydrogens is 390 g/mol. The van der Waals surface area contributed by atoms with Crippen LogP contribution in [0.1, 0.15) is 30.0 Å². The summed E-state index contributed by atoms with van der Waals surface area (Å²) in [7, 11) is 0. The van der Waals surface area contributed by atoms with Crippen molar-refractivity contribution in [1.82, 2.24) is 14.9 Å². The van der Waals surface area contributed by atoms with Crippen molar-refractivity contribution in [3.8, 4) is 23.0 Å². The summed E-state index contributed by atoms with van der Waals surface area (Å²) in [5, 5.41) is 9.76. The normalized spacial score (nSPS) is 16.4. The molecule has 31 heavy (non-hydrogen) atoms. The van der Waals surface area contributed by atoms with Gasteiger partial charge in [0.15, 0.2) is 0 Å². The van der Waals surface area contributed by atoms with Gasteiger partial charge in [0.25, 0.3) is 0 Å². The fraction of sp³-hybridized carbons (Fsp3) is 0.360. The standard InChI is InChI=1S/C25H29N3O3/c1-3-30-24-21(15-28-13-12-22(29)16-28)14-26-25(27-24)31-17-20-10-7-11-23(18(20)2)19-8-5-4-6-9-19/h4-11,14,22,29H,3,12-13,15-17H2,1-2H3. The van der Waals surface area contributed by atoms with Crippen LogP contribution in [-0.4, -0.2) is 45.8 Å². The van der Waals surface area contributed by atoms with Crippen molar-refractivity contribution in [1.29, 1.82) is 0 Å². The third kappa shape index (κ3) is 5.21. The minimum atomic E-state index is -0.256. The van der Waals surface area contributed by atoms with Gasteiger partial charge in [-0.15, -0.1) is 0 Å². The summed E-state index contributed by atoms with van der Waals surface area (Å²) in [4.78, 5) is 11.1. The SMILES string of the molecule is CCOc1nc(OCc2cccc(-c3ccccc3)c2C)ncc1CN1CCC(O)C1. The number of rotatable bonds is 8. The molecule has 0 amide bonds. The molecule has 1 aliphatic rings. The Morgan fingerprint density at radius 2 is 1.90 bits per heavy atom. The van der Waals surface area contributed by atoms with Gasteiger partial charge >= 0.3 is 6.01 Å². The summed E-state index contributed by atoms with van der Waals surface area (Å²) in [5.41, 5.74) is 5.57. The predicted molar refractivity (Wildman–Crippen MR) is 120 cm³/mol. The van der Waals surface area contributed by atoms with E-state index in [1.807, 2.05) is 31.2 Å². The summed E-state index contributed by atoms with van der Waals surface area (Å²) < 4.78 is 11.7. The van der Waals surface area contributed by atoms with E-state index in [4.69, 9.17) is 9.47 Å². The van der Waals surface area contributed by atoms with E-state index in [9.17, 15) is 5.11 Å². The lowest BCUT2D eigenvalue weighted by Crippen LogP contribution is -2.22. The molecule has 1 aliphatic heterocycles. The Balaban J connectivity index is 1.48. The number of aliphatic hydroxyl groups is 1. The van der Waals surface area contributed by atoms with Crippen LogP contribution >= 0.6 is 0 Å². The zero-order valence-electron chi connectivity index (χ0n) is 18.1. The van der Waals surface area contributed by atoms with Gasteiger partial charge in [-0.3, -0.25) is 4.90 Å². The molecule has 0 bridgehead atoms. The summed E-state index contributed by atoms with van der Waals surface area (Å²) in [5.74, 6) is 0.545. The monoisotopic (exact) mass is 419 g/mol. The van der Waals surface area contributed by atoms with Gasteiger partial charge in [-0.1, -0.05) is 48.5 Å².